The number of alkyl halides is 2. The fraction of sp³-hybridized carbons (Fsp3) is 0.524. The zero-order valence-electron chi connectivity index (χ0n) is 19.0. The lowest BCUT2D eigenvalue weighted by molar-refractivity contribution is 0.0759. The number of halogens is 2. The highest BCUT2D eigenvalue weighted by atomic mass is 35.5. The number of benzene rings is 1. The Balaban J connectivity index is 2.08. The van der Waals surface area contributed by atoms with Crippen molar-refractivity contribution in [2.24, 2.45) is 0 Å². The molecule has 0 N–H and O–H groups in total. The molecule has 2 atom stereocenters. The van der Waals surface area contributed by atoms with Gasteiger partial charge in [0.1, 0.15) is 24.6 Å². The van der Waals surface area contributed by atoms with Crippen molar-refractivity contribution in [2.45, 2.75) is 18.6 Å². The predicted octanol–water partition coefficient (Wildman–Crippen LogP) is 1.70. The van der Waals surface area contributed by atoms with Crippen LogP contribution in [0, 0.1) is 0 Å². The van der Waals surface area contributed by atoms with E-state index in [-0.39, 0.29) is 41.0 Å². The molecule has 1 aromatic carbocycles. The maximum absolute atomic E-state index is 12.7. The van der Waals surface area contributed by atoms with Crippen LogP contribution in [0.15, 0.2) is 18.2 Å². The van der Waals surface area contributed by atoms with Crippen molar-refractivity contribution in [3.8, 4) is 5.75 Å². The molecule has 2 unspecified atom stereocenters. The van der Waals surface area contributed by atoms with Crippen molar-refractivity contribution in [1.82, 2.24) is 4.90 Å². The van der Waals surface area contributed by atoms with E-state index in [1.165, 1.54) is 6.07 Å². The van der Waals surface area contributed by atoms with E-state index in [0.717, 1.165) is 24.7 Å². The van der Waals surface area contributed by atoms with Crippen LogP contribution in [-0.2, 0) is 35.0 Å². The molecule has 3 rings (SSSR count). The van der Waals surface area contributed by atoms with Crippen LogP contribution in [0.1, 0.15) is 37.9 Å². The quantitative estimate of drug-likeness (QED) is 0.270. The fourth-order valence-electron chi connectivity index (χ4n) is 4.13. The number of allylic oxidation sites excluding steroid dienone is 2. The Bertz CT molecular complexity index is 1240. The summed E-state index contributed by atoms with van der Waals surface area (Å²) in [6, 6.07) is 1.35. The molecule has 0 aliphatic heterocycles. The highest BCUT2D eigenvalue weighted by Crippen LogP contribution is 2.46. The van der Waals surface area contributed by atoms with Crippen LogP contribution >= 0.6 is 23.2 Å². The second-order valence-electron chi connectivity index (χ2n) is 8.08. The van der Waals surface area contributed by atoms with E-state index >= 15 is 0 Å². The number of fused-ring (bicyclic) bond motifs is 3. The van der Waals surface area contributed by atoms with E-state index in [4.69, 9.17) is 36.3 Å². The smallest absolute Gasteiger partial charge is 0.265 e. The van der Waals surface area contributed by atoms with E-state index in [2.05, 4.69) is 0 Å². The molecule has 1 aromatic rings. The molecular weight excluding hydrogens is 545 g/mol. The summed E-state index contributed by atoms with van der Waals surface area (Å²) in [6.45, 7) is 1.64. The zero-order chi connectivity index (χ0) is 26.0. The van der Waals surface area contributed by atoms with Gasteiger partial charge in [0.05, 0.1) is 12.5 Å². The van der Waals surface area contributed by atoms with Gasteiger partial charge >= 0.3 is 0 Å². The van der Waals surface area contributed by atoms with Crippen molar-refractivity contribution >= 4 is 55.0 Å². The molecule has 0 fully saturated rings. The van der Waals surface area contributed by atoms with E-state index < -0.39 is 44.0 Å². The maximum atomic E-state index is 12.7. The monoisotopic (exact) mass is 569 g/mol. The summed E-state index contributed by atoms with van der Waals surface area (Å²) < 4.78 is 64.2. The lowest BCUT2D eigenvalue weighted by Crippen LogP contribution is -2.32. The topological polar surface area (TPSA) is 133 Å². The van der Waals surface area contributed by atoms with Gasteiger partial charge in [-0.1, -0.05) is 0 Å². The largest absolute Gasteiger partial charge is 0.492 e. The minimum absolute atomic E-state index is 0.0486. The minimum atomic E-state index is -4.08. The number of ether oxygens (including phenoxy) is 1. The molecule has 0 saturated heterocycles. The average molecular weight is 570 g/mol. The first-order valence-electron chi connectivity index (χ1n) is 10.5. The molecule has 0 heterocycles. The Morgan fingerprint density at radius 3 is 2.11 bits per heavy atom. The summed E-state index contributed by atoms with van der Waals surface area (Å²) >= 11 is 11.7. The average Bonchev–Trinajstić information content (AvgIpc) is 3.05. The third-order valence-corrected chi connectivity index (χ3v) is 6.90. The number of carbonyl (C=O) groups is 2. The second kappa shape index (κ2) is 11.2. The van der Waals surface area contributed by atoms with Gasteiger partial charge in [-0.3, -0.25) is 22.9 Å². The Kier molecular flexibility index (Phi) is 9.01. The van der Waals surface area contributed by atoms with Gasteiger partial charge < -0.3 is 4.74 Å². The van der Waals surface area contributed by atoms with Crippen molar-refractivity contribution in [3.63, 3.8) is 0 Å². The number of rotatable bonds is 12. The lowest BCUT2D eigenvalue weighted by Gasteiger charge is -2.24. The van der Waals surface area contributed by atoms with Crippen molar-refractivity contribution < 1.29 is 39.5 Å². The molecule has 0 radical (unpaired) electrons. The molecule has 35 heavy (non-hydrogen) atoms. The van der Waals surface area contributed by atoms with Gasteiger partial charge in [-0.25, -0.2) is 0 Å². The summed E-state index contributed by atoms with van der Waals surface area (Å²) in [6.07, 6.45) is 0.994. The molecule has 14 heteroatoms. The number of carbonyl (C=O) groups excluding carboxylic acids is 2. The second-order valence-corrected chi connectivity index (χ2v) is 12.0. The Labute approximate surface area is 214 Å². The van der Waals surface area contributed by atoms with Crippen LogP contribution < -0.4 is 4.74 Å². The van der Waals surface area contributed by atoms with Gasteiger partial charge in [0, 0.05) is 54.5 Å². The first-order chi connectivity index (χ1) is 16.3. The van der Waals surface area contributed by atoms with E-state index in [1.807, 2.05) is 4.90 Å². The summed E-state index contributed by atoms with van der Waals surface area (Å²) in [4.78, 5) is 27.2. The summed E-state index contributed by atoms with van der Waals surface area (Å²) in [5.41, 5.74) is 0.525. The lowest BCUT2D eigenvalue weighted by atomic mass is 9.88. The van der Waals surface area contributed by atoms with E-state index in [0.29, 0.717) is 31.4 Å². The molecular formula is C21H25Cl2NO9S2. The van der Waals surface area contributed by atoms with Gasteiger partial charge in [0.2, 0.25) is 0 Å². The van der Waals surface area contributed by atoms with Gasteiger partial charge in [0.25, 0.3) is 20.2 Å². The van der Waals surface area contributed by atoms with Crippen LogP contribution in [0.25, 0.3) is 0 Å². The minimum Gasteiger partial charge on any atom is -0.492 e. The van der Waals surface area contributed by atoms with Crippen LogP contribution in [-0.4, -0.2) is 89.9 Å². The maximum Gasteiger partial charge on any atom is 0.265 e. The highest BCUT2D eigenvalue weighted by molar-refractivity contribution is 7.86. The van der Waals surface area contributed by atoms with Crippen molar-refractivity contribution in [2.75, 3.05) is 50.5 Å². The Morgan fingerprint density at radius 2 is 1.54 bits per heavy atom. The van der Waals surface area contributed by atoms with Crippen molar-refractivity contribution in [3.05, 3.63) is 40.5 Å². The van der Waals surface area contributed by atoms with Gasteiger partial charge in [0.15, 0.2) is 11.6 Å². The van der Waals surface area contributed by atoms with E-state index in [9.17, 15) is 26.4 Å². The fourth-order valence-corrected chi connectivity index (χ4v) is 5.82. The first-order valence-corrected chi connectivity index (χ1v) is 15.2. The molecule has 0 saturated carbocycles. The van der Waals surface area contributed by atoms with Crippen LogP contribution in [0.5, 0.6) is 5.75 Å². The van der Waals surface area contributed by atoms with Crippen LogP contribution in [0.2, 0.25) is 0 Å². The third kappa shape index (κ3) is 7.03. The molecule has 10 nitrogen and oxygen atoms in total. The van der Waals surface area contributed by atoms with Crippen molar-refractivity contribution in [1.29, 1.82) is 0 Å². The van der Waals surface area contributed by atoms with Crippen LogP contribution in [0.3, 0.4) is 0 Å². The van der Waals surface area contributed by atoms with E-state index in [1.54, 1.807) is 0 Å². The Hall–Kier alpha value is -1.54. The van der Waals surface area contributed by atoms with Crippen LogP contribution in [0.4, 0.5) is 0 Å². The van der Waals surface area contributed by atoms with Gasteiger partial charge in [-0.2, -0.15) is 16.8 Å². The summed E-state index contributed by atoms with van der Waals surface area (Å²) in [5.74, 6) is -0.0617. The number of ketones is 2. The summed E-state index contributed by atoms with van der Waals surface area (Å²) in [7, 11) is -8.11. The Morgan fingerprint density at radius 1 is 0.943 bits per heavy atom. The summed E-state index contributed by atoms with van der Waals surface area (Å²) in [5, 5.41) is 0. The molecule has 194 valence electrons. The highest BCUT2D eigenvalue weighted by Gasteiger charge is 2.44. The standard InChI is InChI=1S/C21H25Cl2NO9S2/c1-34(27,28)32-18-12-14-19-13(15(25)3-4-16(19)26)11-17(20(14)21(18)33-35(2,29)30)31-10-9-24(7-5-22)8-6-23/h3-4,11,18,21H,5-10,12H2,1-2H3. The molecule has 0 amide bonds. The molecule has 0 aromatic heterocycles. The SMILES string of the molecule is CS(=O)(=O)OC1Cc2c3c(cc(OCCN(CCCl)CCCl)c2C1OS(C)(=O)=O)C(=O)C=CC3=O. The normalized spacial score (nSPS) is 19.8. The number of hydrogen-bond acceptors (Lipinski definition) is 10. The zero-order valence-corrected chi connectivity index (χ0v) is 22.2. The first kappa shape index (κ1) is 28.0. The molecule has 0 spiro atoms. The molecule has 0 bridgehead atoms. The predicted molar refractivity (Wildman–Crippen MR) is 130 cm³/mol. The number of hydrogen-bond donors (Lipinski definition) is 0. The molecule has 2 aliphatic rings. The van der Waals surface area contributed by atoms with Gasteiger partial charge in [-0.15, -0.1) is 23.2 Å². The molecule has 2 aliphatic carbocycles. The number of nitrogens with zero attached hydrogens (tertiary/aromatic N) is 1. The van der Waals surface area contributed by atoms with Gasteiger partial charge in [-0.05, 0) is 23.8 Å². The third-order valence-electron chi connectivity index (χ3n) is 5.41.